The lowest BCUT2D eigenvalue weighted by Crippen LogP contribution is -2.43. The third-order valence-electron chi connectivity index (χ3n) is 5.78. The third-order valence-corrected chi connectivity index (χ3v) is 5.78. The fraction of sp³-hybridized carbons (Fsp3) is 0.400. The minimum Gasteiger partial charge on any atom is -0.379 e. The van der Waals surface area contributed by atoms with Crippen LogP contribution in [-0.2, 0) is 11.3 Å². The fourth-order valence-corrected chi connectivity index (χ4v) is 4.16. The summed E-state index contributed by atoms with van der Waals surface area (Å²) in [6.07, 6.45) is 10.8. The molecule has 0 amide bonds. The van der Waals surface area contributed by atoms with Crippen molar-refractivity contribution in [1.82, 2.24) is 20.1 Å². The van der Waals surface area contributed by atoms with E-state index in [9.17, 15) is 0 Å². The molecule has 3 heterocycles. The number of morpholine rings is 1. The molecule has 4 rings (SSSR count). The summed E-state index contributed by atoms with van der Waals surface area (Å²) in [4.78, 5) is 7.21. The van der Waals surface area contributed by atoms with Crippen LogP contribution in [0.2, 0.25) is 0 Å². The van der Waals surface area contributed by atoms with Gasteiger partial charge in [0.1, 0.15) is 5.84 Å². The highest BCUT2D eigenvalue weighted by Crippen LogP contribution is 2.25. The molecule has 0 aliphatic carbocycles. The van der Waals surface area contributed by atoms with Gasteiger partial charge in [0.25, 0.3) is 0 Å². The summed E-state index contributed by atoms with van der Waals surface area (Å²) in [5, 5.41) is 11.4. The molecule has 32 heavy (non-hydrogen) atoms. The Morgan fingerprint density at radius 3 is 2.97 bits per heavy atom. The first-order valence-electron chi connectivity index (χ1n) is 11.5. The Morgan fingerprint density at radius 1 is 1.28 bits per heavy atom. The molecule has 7 nitrogen and oxygen atoms in total. The average Bonchev–Trinajstić information content (AvgIpc) is 3.18. The Labute approximate surface area is 190 Å². The number of anilines is 1. The number of benzene rings is 1. The maximum Gasteiger partial charge on any atom is 0.175 e. The minimum atomic E-state index is -0.118. The van der Waals surface area contributed by atoms with Gasteiger partial charge in [0.05, 0.1) is 13.2 Å². The van der Waals surface area contributed by atoms with E-state index in [1.54, 1.807) is 6.08 Å². The molecule has 1 saturated heterocycles. The molecule has 1 fully saturated rings. The molecule has 2 aromatic rings. The Bertz CT molecular complexity index is 999. The van der Waals surface area contributed by atoms with E-state index in [1.807, 2.05) is 18.4 Å². The monoisotopic (exact) mass is 434 g/mol. The van der Waals surface area contributed by atoms with E-state index in [1.165, 1.54) is 16.6 Å². The van der Waals surface area contributed by atoms with Crippen molar-refractivity contribution in [2.24, 2.45) is 4.99 Å². The van der Waals surface area contributed by atoms with Crippen LogP contribution in [0.1, 0.15) is 19.0 Å². The quantitative estimate of drug-likeness (QED) is 0.417. The zero-order valence-corrected chi connectivity index (χ0v) is 18.9. The van der Waals surface area contributed by atoms with E-state index in [0.717, 1.165) is 63.9 Å². The Morgan fingerprint density at radius 2 is 2.16 bits per heavy atom. The number of hydrogen-bond donors (Lipinski definition) is 3. The van der Waals surface area contributed by atoms with Crippen molar-refractivity contribution in [1.29, 1.82) is 0 Å². The van der Waals surface area contributed by atoms with Crippen molar-refractivity contribution in [3.63, 3.8) is 0 Å². The van der Waals surface area contributed by atoms with Gasteiger partial charge in [0, 0.05) is 48.1 Å². The van der Waals surface area contributed by atoms with Crippen LogP contribution in [0.4, 0.5) is 5.69 Å². The predicted octanol–water partition coefficient (Wildman–Crippen LogP) is 3.38. The molecule has 0 bridgehead atoms. The molecular weight excluding hydrogens is 400 g/mol. The summed E-state index contributed by atoms with van der Waals surface area (Å²) in [6, 6.07) is 8.66. The van der Waals surface area contributed by atoms with Gasteiger partial charge in [-0.1, -0.05) is 18.7 Å². The maximum atomic E-state index is 5.41. The first-order valence-corrected chi connectivity index (χ1v) is 11.5. The van der Waals surface area contributed by atoms with Crippen LogP contribution in [0.25, 0.3) is 17.0 Å². The predicted molar refractivity (Wildman–Crippen MR) is 134 cm³/mol. The van der Waals surface area contributed by atoms with Crippen molar-refractivity contribution >= 4 is 28.5 Å². The summed E-state index contributed by atoms with van der Waals surface area (Å²) in [5.41, 5.74) is 3.44. The minimum absolute atomic E-state index is 0.118. The second-order valence-electron chi connectivity index (χ2n) is 7.99. The van der Waals surface area contributed by atoms with Gasteiger partial charge in [-0.15, -0.1) is 0 Å². The number of rotatable bonds is 9. The molecule has 2 aliphatic rings. The molecule has 0 saturated carbocycles. The molecule has 1 aromatic carbocycles. The smallest absolute Gasteiger partial charge is 0.175 e. The summed E-state index contributed by atoms with van der Waals surface area (Å²) >= 11 is 0. The molecule has 3 N–H and O–H groups in total. The number of hydrogen-bond acceptors (Lipinski definition) is 6. The highest BCUT2D eigenvalue weighted by atomic mass is 16.5. The van der Waals surface area contributed by atoms with E-state index in [0.29, 0.717) is 0 Å². The molecule has 1 atom stereocenters. The van der Waals surface area contributed by atoms with Gasteiger partial charge in [0.2, 0.25) is 0 Å². The first-order chi connectivity index (χ1) is 15.8. The summed E-state index contributed by atoms with van der Waals surface area (Å²) < 4.78 is 7.71. The zero-order chi connectivity index (χ0) is 22.2. The first kappa shape index (κ1) is 22.3. The molecular formula is C25H34N6O. The highest BCUT2D eigenvalue weighted by Gasteiger charge is 2.12. The van der Waals surface area contributed by atoms with Gasteiger partial charge in [-0.05, 0) is 62.9 Å². The molecule has 2 aliphatic heterocycles. The number of aromatic nitrogens is 1. The zero-order valence-electron chi connectivity index (χ0n) is 18.9. The normalized spacial score (nSPS) is 19.3. The van der Waals surface area contributed by atoms with Gasteiger partial charge in [-0.25, -0.2) is 4.99 Å². The van der Waals surface area contributed by atoms with E-state index < -0.39 is 0 Å². The van der Waals surface area contributed by atoms with E-state index in [4.69, 9.17) is 9.73 Å². The van der Waals surface area contributed by atoms with E-state index >= 15 is 0 Å². The SMILES string of the molecule is C=C/C=C\c1cc2cc(NC3=NC(NCCCN4CCOCC4)NC=C3)ccc2n1CC. The fourth-order valence-electron chi connectivity index (χ4n) is 4.16. The molecule has 170 valence electrons. The molecule has 0 spiro atoms. The Kier molecular flexibility index (Phi) is 7.77. The maximum absolute atomic E-state index is 5.41. The topological polar surface area (TPSA) is 65.8 Å². The van der Waals surface area contributed by atoms with Gasteiger partial charge in [0.15, 0.2) is 6.29 Å². The van der Waals surface area contributed by atoms with E-state index in [2.05, 4.69) is 69.3 Å². The van der Waals surface area contributed by atoms with Crippen molar-refractivity contribution in [3.05, 3.63) is 61.0 Å². The largest absolute Gasteiger partial charge is 0.379 e. The van der Waals surface area contributed by atoms with Crippen LogP contribution in [0.3, 0.4) is 0 Å². The summed E-state index contributed by atoms with van der Waals surface area (Å²) in [5.74, 6) is 0.843. The number of aliphatic imine (C=N–C) groups is 1. The van der Waals surface area contributed by atoms with Crippen LogP contribution in [-0.4, -0.2) is 61.0 Å². The van der Waals surface area contributed by atoms with Gasteiger partial charge >= 0.3 is 0 Å². The highest BCUT2D eigenvalue weighted by molar-refractivity contribution is 6.05. The van der Waals surface area contributed by atoms with Crippen LogP contribution in [0.15, 0.2) is 60.3 Å². The van der Waals surface area contributed by atoms with E-state index in [-0.39, 0.29) is 6.29 Å². The lowest BCUT2D eigenvalue weighted by molar-refractivity contribution is 0.0373. The van der Waals surface area contributed by atoms with Crippen LogP contribution in [0.5, 0.6) is 0 Å². The average molecular weight is 435 g/mol. The standard InChI is InChI=1S/C25H34N6O/c1-3-5-7-22-19-20-18-21(8-9-23(20)31(22)4-2)28-24-10-12-27-25(29-24)26-11-6-13-30-14-16-32-17-15-30/h3,5,7-10,12,18-19,25-27H,1,4,6,11,13-17H2,2H3,(H,28,29)/b7-5-. The Balaban J connectivity index is 1.35. The van der Waals surface area contributed by atoms with Gasteiger partial charge in [-0.3, -0.25) is 10.2 Å². The molecule has 7 heteroatoms. The molecule has 1 unspecified atom stereocenters. The number of fused-ring (bicyclic) bond motifs is 1. The lowest BCUT2D eigenvalue weighted by Gasteiger charge is -2.27. The number of allylic oxidation sites excluding steroid dienone is 2. The summed E-state index contributed by atoms with van der Waals surface area (Å²) in [6.45, 7) is 12.6. The van der Waals surface area contributed by atoms with Crippen LogP contribution >= 0.6 is 0 Å². The lowest BCUT2D eigenvalue weighted by atomic mass is 10.2. The van der Waals surface area contributed by atoms with Crippen molar-refractivity contribution in [3.8, 4) is 0 Å². The summed E-state index contributed by atoms with van der Waals surface area (Å²) in [7, 11) is 0. The van der Waals surface area contributed by atoms with Crippen molar-refractivity contribution < 1.29 is 4.74 Å². The second kappa shape index (κ2) is 11.1. The number of nitrogens with one attached hydrogen (secondary N) is 3. The number of aryl methyl sites for hydroxylation is 1. The van der Waals surface area contributed by atoms with Crippen molar-refractivity contribution in [2.75, 3.05) is 44.7 Å². The van der Waals surface area contributed by atoms with Gasteiger partial charge < -0.3 is 19.9 Å². The van der Waals surface area contributed by atoms with Gasteiger partial charge in [-0.2, -0.15) is 0 Å². The molecule has 1 aromatic heterocycles. The number of amidine groups is 1. The van der Waals surface area contributed by atoms with Crippen LogP contribution < -0.4 is 16.0 Å². The van der Waals surface area contributed by atoms with Crippen molar-refractivity contribution in [2.45, 2.75) is 26.2 Å². The Hall–Kier alpha value is -2.87. The second-order valence-corrected chi connectivity index (χ2v) is 7.99. The number of ether oxygens (including phenoxy) is 1. The molecule has 0 radical (unpaired) electrons. The third kappa shape index (κ3) is 5.68. The van der Waals surface area contributed by atoms with Crippen LogP contribution in [0, 0.1) is 0 Å². The number of nitrogens with zero attached hydrogens (tertiary/aromatic N) is 3.